The highest BCUT2D eigenvalue weighted by molar-refractivity contribution is 14.1. The Morgan fingerprint density at radius 2 is 2.11 bits per heavy atom. The van der Waals surface area contributed by atoms with Crippen LogP contribution >= 0.6 is 34.2 Å². The summed E-state index contributed by atoms with van der Waals surface area (Å²) in [6.45, 7) is 5.04. The van der Waals surface area contributed by atoms with E-state index in [0.717, 1.165) is 0 Å². The number of ether oxygens (including phenoxy) is 3. The van der Waals surface area contributed by atoms with Gasteiger partial charge in [0.2, 0.25) is 0 Å². The Hall–Kier alpha value is -0.110. The molecule has 18 heavy (non-hydrogen) atoms. The zero-order valence-electron chi connectivity index (χ0n) is 10.1. The molecule has 0 amide bonds. The minimum atomic E-state index is -0.929. The van der Waals surface area contributed by atoms with Gasteiger partial charge in [-0.15, -0.1) is 0 Å². The number of hydrogen-bond acceptors (Lipinski definition) is 3. The number of hydrogen-bond donors (Lipinski definition) is 0. The van der Waals surface area contributed by atoms with Crippen LogP contribution < -0.4 is 4.74 Å². The van der Waals surface area contributed by atoms with E-state index in [9.17, 15) is 4.39 Å². The minimum Gasteiger partial charge on any atom is -0.492 e. The van der Waals surface area contributed by atoms with Gasteiger partial charge in [0.05, 0.1) is 34.0 Å². The predicted molar refractivity (Wildman–Crippen MR) is 74.6 cm³/mol. The fraction of sp³-hybridized carbons (Fsp3) is 0.500. The average molecular weight is 387 g/mol. The molecule has 6 heteroatoms. The second-order valence-electron chi connectivity index (χ2n) is 3.94. The van der Waals surface area contributed by atoms with Crippen LogP contribution in [0.3, 0.4) is 0 Å². The molecule has 0 spiro atoms. The van der Waals surface area contributed by atoms with Crippen LogP contribution in [0.2, 0.25) is 5.02 Å². The highest BCUT2D eigenvalue weighted by atomic mass is 127. The first-order valence-corrected chi connectivity index (χ1v) is 7.04. The first-order chi connectivity index (χ1) is 8.49. The second kappa shape index (κ2) is 5.48. The number of benzene rings is 1. The van der Waals surface area contributed by atoms with Gasteiger partial charge in [-0.05, 0) is 42.5 Å². The third-order valence-corrected chi connectivity index (χ3v) is 3.97. The van der Waals surface area contributed by atoms with Crippen LogP contribution in [0.1, 0.15) is 19.4 Å². The van der Waals surface area contributed by atoms with Crippen LogP contribution in [-0.2, 0) is 15.3 Å². The van der Waals surface area contributed by atoms with E-state index < -0.39 is 11.6 Å². The molecule has 1 aromatic carbocycles. The molecule has 2 rings (SSSR count). The van der Waals surface area contributed by atoms with Crippen LogP contribution in [-0.4, -0.2) is 19.8 Å². The van der Waals surface area contributed by atoms with E-state index in [1.54, 1.807) is 6.92 Å². The van der Waals surface area contributed by atoms with E-state index in [-0.39, 0.29) is 5.02 Å². The molecule has 0 bridgehead atoms. The standard InChI is InChI=1S/C12H13ClFIO3/c1-3-16-11-7(12(2)17-4-5-18-12)6-8(13)9(14)10(11)15/h6H,3-5H2,1-2H3. The van der Waals surface area contributed by atoms with Gasteiger partial charge in [-0.25, -0.2) is 4.39 Å². The smallest absolute Gasteiger partial charge is 0.195 e. The van der Waals surface area contributed by atoms with Crippen LogP contribution in [0.4, 0.5) is 4.39 Å². The van der Waals surface area contributed by atoms with Gasteiger partial charge in [0.15, 0.2) is 11.6 Å². The maximum absolute atomic E-state index is 13.8. The molecule has 100 valence electrons. The van der Waals surface area contributed by atoms with E-state index >= 15 is 0 Å². The maximum Gasteiger partial charge on any atom is 0.195 e. The summed E-state index contributed by atoms with van der Waals surface area (Å²) in [4.78, 5) is 0. The number of rotatable bonds is 3. The molecule has 1 fully saturated rings. The van der Waals surface area contributed by atoms with Gasteiger partial charge in [0.25, 0.3) is 0 Å². The quantitative estimate of drug-likeness (QED) is 0.586. The maximum atomic E-state index is 13.8. The van der Waals surface area contributed by atoms with Crippen molar-refractivity contribution in [1.82, 2.24) is 0 Å². The molecule has 0 atom stereocenters. The molecule has 0 N–H and O–H groups in total. The second-order valence-corrected chi connectivity index (χ2v) is 5.42. The summed E-state index contributed by atoms with van der Waals surface area (Å²) in [5, 5.41) is 0.0400. The third kappa shape index (κ3) is 2.45. The molecule has 1 heterocycles. The monoisotopic (exact) mass is 386 g/mol. The van der Waals surface area contributed by atoms with Crippen molar-refractivity contribution >= 4 is 34.2 Å². The van der Waals surface area contributed by atoms with Gasteiger partial charge in [-0.1, -0.05) is 11.6 Å². The van der Waals surface area contributed by atoms with Crippen molar-refractivity contribution < 1.29 is 18.6 Å². The Morgan fingerprint density at radius 1 is 1.50 bits per heavy atom. The molecule has 1 saturated heterocycles. The molecule has 1 aliphatic rings. The Kier molecular flexibility index (Phi) is 4.36. The van der Waals surface area contributed by atoms with Gasteiger partial charge >= 0.3 is 0 Å². The fourth-order valence-corrected chi connectivity index (χ4v) is 2.97. The summed E-state index contributed by atoms with van der Waals surface area (Å²) in [6, 6.07) is 1.51. The lowest BCUT2D eigenvalue weighted by atomic mass is 10.1. The molecule has 0 unspecified atom stereocenters. The minimum absolute atomic E-state index is 0.0400. The van der Waals surface area contributed by atoms with E-state index in [1.807, 2.05) is 29.5 Å². The molecule has 0 radical (unpaired) electrons. The van der Waals surface area contributed by atoms with Crippen molar-refractivity contribution in [3.8, 4) is 5.75 Å². The molecule has 1 aromatic rings. The zero-order valence-corrected chi connectivity index (χ0v) is 13.0. The summed E-state index contributed by atoms with van der Waals surface area (Å²) in [5.41, 5.74) is 0.623. The van der Waals surface area contributed by atoms with Gasteiger partial charge in [0, 0.05) is 0 Å². The average Bonchev–Trinajstić information content (AvgIpc) is 2.78. The summed E-state index contributed by atoms with van der Waals surface area (Å²) in [6.07, 6.45) is 0. The Bertz CT molecular complexity index is 461. The molecular formula is C12H13ClFIO3. The fourth-order valence-electron chi connectivity index (χ4n) is 1.87. The van der Waals surface area contributed by atoms with E-state index in [1.165, 1.54) is 6.07 Å². The van der Waals surface area contributed by atoms with Crippen molar-refractivity contribution in [2.75, 3.05) is 19.8 Å². The third-order valence-electron chi connectivity index (χ3n) is 2.73. The normalized spacial score (nSPS) is 18.1. The summed E-state index contributed by atoms with van der Waals surface area (Å²) >= 11 is 7.76. The molecule has 1 aliphatic heterocycles. The largest absolute Gasteiger partial charge is 0.492 e. The summed E-state index contributed by atoms with van der Waals surface area (Å²) in [5.74, 6) is -0.975. The Labute approximate surface area is 124 Å². The van der Waals surface area contributed by atoms with Crippen molar-refractivity contribution in [1.29, 1.82) is 0 Å². The summed E-state index contributed by atoms with van der Waals surface area (Å²) < 4.78 is 30.8. The van der Waals surface area contributed by atoms with Crippen LogP contribution in [0.15, 0.2) is 6.07 Å². The van der Waals surface area contributed by atoms with Crippen LogP contribution in [0.25, 0.3) is 0 Å². The Balaban J connectivity index is 2.57. The predicted octanol–water partition coefficient (Wildman–Crippen LogP) is 3.70. The molecule has 0 aliphatic carbocycles. The highest BCUT2D eigenvalue weighted by Gasteiger charge is 2.38. The molecule has 0 aromatic heterocycles. The van der Waals surface area contributed by atoms with Crippen LogP contribution in [0, 0.1) is 9.39 Å². The van der Waals surface area contributed by atoms with Crippen molar-refractivity contribution in [3.05, 3.63) is 26.0 Å². The van der Waals surface area contributed by atoms with Crippen molar-refractivity contribution in [3.63, 3.8) is 0 Å². The summed E-state index contributed by atoms with van der Waals surface area (Å²) in [7, 11) is 0. The topological polar surface area (TPSA) is 27.7 Å². The van der Waals surface area contributed by atoms with Crippen molar-refractivity contribution in [2.24, 2.45) is 0 Å². The lowest BCUT2D eigenvalue weighted by molar-refractivity contribution is -0.150. The SMILES string of the molecule is CCOc1c(C2(C)OCCO2)cc(Cl)c(F)c1I. The lowest BCUT2D eigenvalue weighted by Gasteiger charge is -2.26. The molecular weight excluding hydrogens is 373 g/mol. The number of halogens is 3. The first-order valence-electron chi connectivity index (χ1n) is 5.58. The van der Waals surface area contributed by atoms with Crippen molar-refractivity contribution in [2.45, 2.75) is 19.6 Å². The van der Waals surface area contributed by atoms with E-state index in [4.69, 9.17) is 25.8 Å². The van der Waals surface area contributed by atoms with Gasteiger partial charge < -0.3 is 14.2 Å². The van der Waals surface area contributed by atoms with Crippen LogP contribution in [0.5, 0.6) is 5.75 Å². The zero-order chi connectivity index (χ0) is 13.3. The van der Waals surface area contributed by atoms with Gasteiger partial charge in [-0.2, -0.15) is 0 Å². The van der Waals surface area contributed by atoms with E-state index in [0.29, 0.717) is 34.7 Å². The Morgan fingerprint density at radius 3 is 2.67 bits per heavy atom. The molecule has 0 saturated carbocycles. The lowest BCUT2D eigenvalue weighted by Crippen LogP contribution is -2.24. The highest BCUT2D eigenvalue weighted by Crippen LogP contribution is 2.42. The molecule has 3 nitrogen and oxygen atoms in total. The van der Waals surface area contributed by atoms with Gasteiger partial charge in [0.1, 0.15) is 5.75 Å². The first kappa shape index (κ1) is 14.3. The van der Waals surface area contributed by atoms with E-state index in [2.05, 4.69) is 0 Å². The van der Waals surface area contributed by atoms with Gasteiger partial charge in [-0.3, -0.25) is 0 Å².